The largest absolute Gasteiger partial charge is 0.493 e. The smallest absolute Gasteiger partial charge is 0.262 e. The van der Waals surface area contributed by atoms with Crippen molar-refractivity contribution in [3.63, 3.8) is 0 Å². The van der Waals surface area contributed by atoms with Gasteiger partial charge in [0.05, 0.1) is 42.7 Å². The fourth-order valence-corrected chi connectivity index (χ4v) is 5.76. The van der Waals surface area contributed by atoms with Gasteiger partial charge in [-0.2, -0.15) is 0 Å². The standard InChI is InChI=1S/C30H37N3O5S/c1-5-27(28(34)31-22-14-10-11-15-24(22)38-6-2)39-30-32-23-19-26(37-4)25(36-3)18-21(23)29(35)33(30)17-16-20-12-8-7-9-13-20/h10-12,14-15,18-19,27H,5-9,13,16-17H2,1-4H3,(H,31,34)/t27-/m1/s1. The molecule has 0 radical (unpaired) electrons. The van der Waals surface area contributed by atoms with Crippen LogP contribution >= 0.6 is 11.8 Å². The van der Waals surface area contributed by atoms with Crippen molar-refractivity contribution in [2.24, 2.45) is 0 Å². The first-order valence-corrected chi connectivity index (χ1v) is 14.4. The van der Waals surface area contributed by atoms with E-state index < -0.39 is 5.25 Å². The van der Waals surface area contributed by atoms with Crippen molar-refractivity contribution in [3.8, 4) is 17.2 Å². The Hall–Kier alpha value is -3.46. The van der Waals surface area contributed by atoms with Crippen LogP contribution in [0.3, 0.4) is 0 Å². The van der Waals surface area contributed by atoms with Crippen LogP contribution in [0.1, 0.15) is 52.4 Å². The molecule has 8 nitrogen and oxygen atoms in total. The highest BCUT2D eigenvalue weighted by molar-refractivity contribution is 8.00. The monoisotopic (exact) mass is 551 g/mol. The Kier molecular flexibility index (Phi) is 9.92. The van der Waals surface area contributed by atoms with E-state index in [4.69, 9.17) is 19.2 Å². The zero-order valence-electron chi connectivity index (χ0n) is 23.1. The van der Waals surface area contributed by atoms with Gasteiger partial charge in [-0.1, -0.05) is 42.5 Å². The molecule has 9 heteroatoms. The van der Waals surface area contributed by atoms with E-state index in [9.17, 15) is 9.59 Å². The average Bonchev–Trinajstić information content (AvgIpc) is 2.96. The highest BCUT2D eigenvalue weighted by atomic mass is 32.2. The maximum Gasteiger partial charge on any atom is 0.262 e. The lowest BCUT2D eigenvalue weighted by molar-refractivity contribution is -0.115. The average molecular weight is 552 g/mol. The number of hydrogen-bond acceptors (Lipinski definition) is 7. The summed E-state index contributed by atoms with van der Waals surface area (Å²) in [4.78, 5) is 32.1. The molecule has 1 aromatic heterocycles. The Morgan fingerprint density at radius 3 is 2.56 bits per heavy atom. The number of anilines is 1. The molecule has 0 saturated carbocycles. The molecule has 1 heterocycles. The second kappa shape index (κ2) is 13.6. The Morgan fingerprint density at radius 2 is 1.87 bits per heavy atom. The van der Waals surface area contributed by atoms with E-state index in [1.165, 1.54) is 30.2 Å². The maximum absolute atomic E-state index is 13.8. The fourth-order valence-electron chi connectivity index (χ4n) is 4.72. The van der Waals surface area contributed by atoms with Crippen LogP contribution in [0, 0.1) is 0 Å². The van der Waals surface area contributed by atoms with Gasteiger partial charge in [0.15, 0.2) is 16.7 Å². The number of amides is 1. The Balaban J connectivity index is 1.70. The highest BCUT2D eigenvalue weighted by Gasteiger charge is 2.24. The van der Waals surface area contributed by atoms with E-state index in [1.54, 1.807) is 30.9 Å². The molecule has 208 valence electrons. The van der Waals surface area contributed by atoms with Crippen molar-refractivity contribution in [1.29, 1.82) is 0 Å². The van der Waals surface area contributed by atoms with E-state index in [0.29, 0.717) is 58.6 Å². The van der Waals surface area contributed by atoms with Crippen molar-refractivity contribution in [3.05, 3.63) is 58.4 Å². The number of carbonyl (C=O) groups excluding carboxylic acids is 1. The van der Waals surface area contributed by atoms with Gasteiger partial charge in [-0.15, -0.1) is 0 Å². The van der Waals surface area contributed by atoms with Crippen molar-refractivity contribution in [1.82, 2.24) is 9.55 Å². The molecule has 3 aromatic rings. The quantitative estimate of drug-likeness (QED) is 0.162. The summed E-state index contributed by atoms with van der Waals surface area (Å²) >= 11 is 1.31. The number of benzene rings is 2. The number of hydrogen-bond donors (Lipinski definition) is 1. The van der Waals surface area contributed by atoms with E-state index in [-0.39, 0.29) is 11.5 Å². The van der Waals surface area contributed by atoms with Gasteiger partial charge in [-0.3, -0.25) is 14.2 Å². The molecule has 0 spiro atoms. The number of allylic oxidation sites excluding steroid dienone is 2. The molecule has 39 heavy (non-hydrogen) atoms. The van der Waals surface area contributed by atoms with Gasteiger partial charge < -0.3 is 19.5 Å². The molecule has 4 rings (SSSR count). The Bertz CT molecular complexity index is 1400. The number of carbonyl (C=O) groups is 1. The number of methoxy groups -OCH3 is 2. The molecular weight excluding hydrogens is 514 g/mol. The summed E-state index contributed by atoms with van der Waals surface area (Å²) in [5, 5.41) is 3.51. The third-order valence-corrected chi connectivity index (χ3v) is 8.18. The zero-order chi connectivity index (χ0) is 27.8. The van der Waals surface area contributed by atoms with Crippen molar-refractivity contribution >= 4 is 34.3 Å². The van der Waals surface area contributed by atoms with Crippen LogP contribution < -0.4 is 25.1 Å². The number of nitrogens with zero attached hydrogens (tertiary/aromatic N) is 2. The summed E-state index contributed by atoms with van der Waals surface area (Å²) in [7, 11) is 3.10. The number of rotatable bonds is 12. The third-order valence-electron chi connectivity index (χ3n) is 6.82. The lowest BCUT2D eigenvalue weighted by atomic mass is 9.97. The maximum atomic E-state index is 13.8. The lowest BCUT2D eigenvalue weighted by Gasteiger charge is -2.20. The number of aromatic nitrogens is 2. The second-order valence-corrected chi connectivity index (χ2v) is 10.5. The first-order valence-electron chi connectivity index (χ1n) is 13.5. The minimum absolute atomic E-state index is 0.156. The molecule has 2 aromatic carbocycles. The summed E-state index contributed by atoms with van der Waals surface area (Å²) in [5.74, 6) is 1.42. The SMILES string of the molecule is CCOc1ccccc1NC(=O)[C@@H](CC)Sc1nc2cc(OC)c(OC)cc2c(=O)n1CCC1=CCCCC1. The molecule has 0 bridgehead atoms. The van der Waals surface area contributed by atoms with Gasteiger partial charge in [0.25, 0.3) is 5.56 Å². The van der Waals surface area contributed by atoms with Crippen molar-refractivity contribution in [2.45, 2.75) is 69.3 Å². The normalized spacial score (nSPS) is 14.0. The van der Waals surface area contributed by atoms with Gasteiger partial charge >= 0.3 is 0 Å². The van der Waals surface area contributed by atoms with Gasteiger partial charge in [0, 0.05) is 12.6 Å². The molecule has 1 aliphatic rings. The minimum Gasteiger partial charge on any atom is -0.493 e. The van der Waals surface area contributed by atoms with Crippen LogP contribution in [0.25, 0.3) is 10.9 Å². The highest BCUT2D eigenvalue weighted by Crippen LogP contribution is 2.33. The van der Waals surface area contributed by atoms with E-state index >= 15 is 0 Å². The van der Waals surface area contributed by atoms with Crippen LogP contribution in [0.5, 0.6) is 17.2 Å². The fraction of sp³-hybridized carbons (Fsp3) is 0.433. The van der Waals surface area contributed by atoms with Gasteiger partial charge in [0.1, 0.15) is 5.75 Å². The molecule has 1 amide bonds. The van der Waals surface area contributed by atoms with E-state index in [0.717, 1.165) is 19.3 Å². The predicted octanol–water partition coefficient (Wildman–Crippen LogP) is 6.21. The Morgan fingerprint density at radius 1 is 1.10 bits per heavy atom. The molecule has 0 saturated heterocycles. The van der Waals surface area contributed by atoms with Crippen LogP contribution in [0.4, 0.5) is 5.69 Å². The molecule has 0 fully saturated rings. The molecule has 1 N–H and O–H groups in total. The summed E-state index contributed by atoms with van der Waals surface area (Å²) in [6, 6.07) is 10.8. The first kappa shape index (κ1) is 28.5. The zero-order valence-corrected chi connectivity index (χ0v) is 23.9. The van der Waals surface area contributed by atoms with Gasteiger partial charge in [-0.25, -0.2) is 4.98 Å². The van der Waals surface area contributed by atoms with Crippen LogP contribution in [0.15, 0.2) is 58.0 Å². The number of fused-ring (bicyclic) bond motifs is 1. The van der Waals surface area contributed by atoms with Crippen molar-refractivity contribution in [2.75, 3.05) is 26.1 Å². The number of para-hydroxylation sites is 2. The Labute approximate surface area is 233 Å². The molecule has 1 aliphatic carbocycles. The van der Waals surface area contributed by atoms with Crippen LogP contribution in [0.2, 0.25) is 0 Å². The van der Waals surface area contributed by atoms with Crippen LogP contribution in [-0.2, 0) is 11.3 Å². The summed E-state index contributed by atoms with van der Waals surface area (Å²) in [6.07, 6.45) is 8.15. The first-order chi connectivity index (χ1) is 19.0. The van der Waals surface area contributed by atoms with Crippen LogP contribution in [-0.4, -0.2) is 41.5 Å². The van der Waals surface area contributed by atoms with E-state index in [1.807, 2.05) is 38.1 Å². The molecular formula is C30H37N3O5S. The second-order valence-electron chi connectivity index (χ2n) is 9.37. The number of nitrogens with one attached hydrogen (secondary N) is 1. The molecule has 1 atom stereocenters. The molecule has 0 unspecified atom stereocenters. The van der Waals surface area contributed by atoms with Gasteiger partial charge in [-0.05, 0) is 63.6 Å². The lowest BCUT2D eigenvalue weighted by Crippen LogP contribution is -2.28. The van der Waals surface area contributed by atoms with E-state index in [2.05, 4.69) is 11.4 Å². The minimum atomic E-state index is -0.468. The number of thioether (sulfide) groups is 1. The third kappa shape index (κ3) is 6.76. The summed E-state index contributed by atoms with van der Waals surface area (Å²) < 4.78 is 18.3. The topological polar surface area (TPSA) is 91.7 Å². The predicted molar refractivity (Wildman–Crippen MR) is 156 cm³/mol. The summed E-state index contributed by atoms with van der Waals surface area (Å²) in [6.45, 7) is 4.85. The summed E-state index contributed by atoms with van der Waals surface area (Å²) in [5.41, 5.74) is 2.34. The van der Waals surface area contributed by atoms with Crippen molar-refractivity contribution < 1.29 is 19.0 Å². The number of ether oxygens (including phenoxy) is 3. The molecule has 0 aliphatic heterocycles. The van der Waals surface area contributed by atoms with Gasteiger partial charge in [0.2, 0.25) is 5.91 Å².